The van der Waals surface area contributed by atoms with Gasteiger partial charge in [-0.15, -0.1) is 0 Å². The second-order valence-electron chi connectivity index (χ2n) is 7.12. The Kier molecular flexibility index (Phi) is 6.43. The molecule has 0 bridgehead atoms. The number of likely N-dealkylation sites (N-methyl/N-ethyl adjacent to an activating group) is 1. The van der Waals surface area contributed by atoms with E-state index in [1.807, 2.05) is 24.1 Å². The van der Waals surface area contributed by atoms with Crippen LogP contribution in [0, 0.1) is 0 Å². The quantitative estimate of drug-likeness (QED) is 0.695. The summed E-state index contributed by atoms with van der Waals surface area (Å²) in [4.78, 5) is 17.2. The minimum absolute atomic E-state index is 0.0576. The van der Waals surface area contributed by atoms with Gasteiger partial charge in [-0.2, -0.15) is 0 Å². The molecule has 1 aliphatic carbocycles. The van der Waals surface area contributed by atoms with Crippen LogP contribution in [0.4, 0.5) is 0 Å². The smallest absolute Gasteiger partial charge is 0.246 e. The third-order valence-electron chi connectivity index (χ3n) is 5.51. The molecule has 2 aliphatic rings. The van der Waals surface area contributed by atoms with Crippen LogP contribution in [0.2, 0.25) is 10.0 Å². The van der Waals surface area contributed by atoms with Crippen molar-refractivity contribution in [1.82, 2.24) is 9.80 Å². The molecule has 5 heteroatoms. The van der Waals surface area contributed by atoms with E-state index in [2.05, 4.69) is 4.90 Å². The lowest BCUT2D eigenvalue weighted by atomic mass is 9.88. The monoisotopic (exact) mass is 380 g/mol. The fourth-order valence-electron chi connectivity index (χ4n) is 4.11. The number of carbonyl (C=O) groups excluding carboxylic acids is 1. The fraction of sp³-hybridized carbons (Fsp3) is 0.550. The predicted molar refractivity (Wildman–Crippen MR) is 105 cm³/mol. The molecule has 1 aliphatic heterocycles. The number of nitrogens with zero attached hydrogens (tertiary/aromatic N) is 2. The predicted octanol–water partition coefficient (Wildman–Crippen LogP) is 4.87. The summed E-state index contributed by atoms with van der Waals surface area (Å²) in [6, 6.07) is 6.23. The molecule has 1 saturated heterocycles. The van der Waals surface area contributed by atoms with Gasteiger partial charge in [0, 0.05) is 25.2 Å². The highest BCUT2D eigenvalue weighted by molar-refractivity contribution is 6.42. The Hall–Kier alpha value is -1.03. The maximum Gasteiger partial charge on any atom is 0.246 e. The molecule has 0 N–H and O–H groups in total. The number of amides is 1. The van der Waals surface area contributed by atoms with Crippen molar-refractivity contribution in [3.63, 3.8) is 0 Å². The molecule has 2 atom stereocenters. The minimum Gasteiger partial charge on any atom is -0.338 e. The van der Waals surface area contributed by atoms with E-state index in [-0.39, 0.29) is 5.91 Å². The van der Waals surface area contributed by atoms with Gasteiger partial charge in [-0.05, 0) is 62.5 Å². The third kappa shape index (κ3) is 4.58. The maximum atomic E-state index is 12.7. The topological polar surface area (TPSA) is 23.6 Å². The van der Waals surface area contributed by atoms with E-state index < -0.39 is 0 Å². The van der Waals surface area contributed by atoms with Gasteiger partial charge in [-0.25, -0.2) is 0 Å². The van der Waals surface area contributed by atoms with E-state index in [1.54, 1.807) is 18.2 Å². The van der Waals surface area contributed by atoms with Crippen LogP contribution < -0.4 is 0 Å². The summed E-state index contributed by atoms with van der Waals surface area (Å²) in [6.45, 7) is 2.37. The average Bonchev–Trinajstić information content (AvgIpc) is 3.16. The van der Waals surface area contributed by atoms with Crippen LogP contribution in [0.5, 0.6) is 0 Å². The van der Waals surface area contributed by atoms with E-state index in [0.29, 0.717) is 22.1 Å². The molecule has 2 fully saturated rings. The summed E-state index contributed by atoms with van der Waals surface area (Å²) in [5.74, 6) is 0.0576. The van der Waals surface area contributed by atoms with Crippen molar-refractivity contribution >= 4 is 35.2 Å². The van der Waals surface area contributed by atoms with Crippen molar-refractivity contribution in [1.29, 1.82) is 0 Å². The number of benzene rings is 1. The molecule has 1 saturated carbocycles. The molecule has 136 valence electrons. The largest absolute Gasteiger partial charge is 0.338 e. The van der Waals surface area contributed by atoms with Gasteiger partial charge in [0.05, 0.1) is 10.0 Å². The second kappa shape index (κ2) is 8.57. The SMILES string of the molecule is CN(C(=O)C=Cc1ccc(Cl)c(Cl)c1)[C@H]1CCCC[C@H]1N1CCCC1. The Bertz CT molecular complexity index is 641. The van der Waals surface area contributed by atoms with Crippen LogP contribution in [-0.4, -0.2) is 47.9 Å². The number of hydrogen-bond acceptors (Lipinski definition) is 2. The van der Waals surface area contributed by atoms with Gasteiger partial charge in [-0.1, -0.05) is 42.1 Å². The van der Waals surface area contributed by atoms with Crippen LogP contribution >= 0.6 is 23.2 Å². The molecule has 1 aromatic carbocycles. The fourth-order valence-corrected chi connectivity index (χ4v) is 4.41. The molecule has 3 nitrogen and oxygen atoms in total. The molecule has 0 unspecified atom stereocenters. The van der Waals surface area contributed by atoms with Crippen LogP contribution in [0.25, 0.3) is 6.08 Å². The molecule has 1 heterocycles. The van der Waals surface area contributed by atoms with Gasteiger partial charge < -0.3 is 4.90 Å². The van der Waals surface area contributed by atoms with Crippen molar-refractivity contribution in [3.8, 4) is 0 Å². The molecule has 1 aromatic rings. The zero-order valence-electron chi connectivity index (χ0n) is 14.8. The average molecular weight is 381 g/mol. The highest BCUT2D eigenvalue weighted by atomic mass is 35.5. The molecule has 25 heavy (non-hydrogen) atoms. The Morgan fingerprint density at radius 2 is 1.84 bits per heavy atom. The van der Waals surface area contributed by atoms with Crippen LogP contribution in [-0.2, 0) is 4.79 Å². The molecular formula is C20H26Cl2N2O. The minimum atomic E-state index is 0.0576. The summed E-state index contributed by atoms with van der Waals surface area (Å²) in [5.41, 5.74) is 0.885. The van der Waals surface area contributed by atoms with Crippen molar-refractivity contribution in [2.24, 2.45) is 0 Å². The van der Waals surface area contributed by atoms with Crippen molar-refractivity contribution < 1.29 is 4.79 Å². The lowest BCUT2D eigenvalue weighted by Crippen LogP contribution is -2.52. The number of rotatable bonds is 4. The third-order valence-corrected chi connectivity index (χ3v) is 6.25. The number of halogens is 2. The number of likely N-dealkylation sites (tertiary alicyclic amines) is 1. The van der Waals surface area contributed by atoms with E-state index in [0.717, 1.165) is 12.0 Å². The first-order valence-corrected chi connectivity index (χ1v) is 9.96. The van der Waals surface area contributed by atoms with Crippen molar-refractivity contribution in [2.45, 2.75) is 50.6 Å². The van der Waals surface area contributed by atoms with E-state index in [4.69, 9.17) is 23.2 Å². The van der Waals surface area contributed by atoms with Gasteiger partial charge >= 0.3 is 0 Å². The van der Waals surface area contributed by atoms with E-state index >= 15 is 0 Å². The zero-order valence-corrected chi connectivity index (χ0v) is 16.3. The molecule has 3 rings (SSSR count). The summed E-state index contributed by atoms with van der Waals surface area (Å²) < 4.78 is 0. The molecule has 1 amide bonds. The summed E-state index contributed by atoms with van der Waals surface area (Å²) >= 11 is 12.0. The van der Waals surface area contributed by atoms with E-state index in [1.165, 1.54) is 45.2 Å². The van der Waals surface area contributed by atoms with Crippen LogP contribution in [0.15, 0.2) is 24.3 Å². The normalized spacial score (nSPS) is 24.8. The number of carbonyl (C=O) groups is 1. The highest BCUT2D eigenvalue weighted by Gasteiger charge is 2.34. The van der Waals surface area contributed by atoms with Crippen molar-refractivity contribution in [3.05, 3.63) is 39.9 Å². The summed E-state index contributed by atoms with van der Waals surface area (Å²) in [6.07, 6.45) is 10.8. The molecule has 0 aromatic heterocycles. The first-order chi connectivity index (χ1) is 12.1. The lowest BCUT2D eigenvalue weighted by Gasteiger charge is -2.42. The Morgan fingerprint density at radius 3 is 2.56 bits per heavy atom. The maximum absolute atomic E-state index is 12.7. The standard InChI is InChI=1S/C20H26Cl2N2O/c1-23(18-6-2-3-7-19(18)24-12-4-5-13-24)20(25)11-9-15-8-10-16(21)17(22)14-15/h8-11,14,18-19H,2-7,12-13H2,1H3/t18-,19+/m0/s1. The van der Waals surface area contributed by atoms with Gasteiger partial charge in [0.15, 0.2) is 0 Å². The molecule has 0 spiro atoms. The van der Waals surface area contributed by atoms with Crippen molar-refractivity contribution in [2.75, 3.05) is 20.1 Å². The number of hydrogen-bond donors (Lipinski definition) is 0. The molecule has 0 radical (unpaired) electrons. The summed E-state index contributed by atoms with van der Waals surface area (Å²) in [7, 11) is 1.95. The van der Waals surface area contributed by atoms with Crippen LogP contribution in [0.3, 0.4) is 0 Å². The highest BCUT2D eigenvalue weighted by Crippen LogP contribution is 2.29. The van der Waals surface area contributed by atoms with Gasteiger partial charge in [-0.3, -0.25) is 9.69 Å². The second-order valence-corrected chi connectivity index (χ2v) is 7.93. The first kappa shape index (κ1) is 18.8. The van der Waals surface area contributed by atoms with Gasteiger partial charge in [0.25, 0.3) is 0 Å². The first-order valence-electron chi connectivity index (χ1n) is 9.20. The van der Waals surface area contributed by atoms with Gasteiger partial charge in [0.2, 0.25) is 5.91 Å². The lowest BCUT2D eigenvalue weighted by molar-refractivity contribution is -0.128. The van der Waals surface area contributed by atoms with E-state index in [9.17, 15) is 4.79 Å². The Morgan fingerprint density at radius 1 is 1.12 bits per heavy atom. The van der Waals surface area contributed by atoms with Crippen LogP contribution in [0.1, 0.15) is 44.1 Å². The Balaban J connectivity index is 1.67. The zero-order chi connectivity index (χ0) is 17.8. The van der Waals surface area contributed by atoms with Gasteiger partial charge in [0.1, 0.15) is 0 Å². The molecular weight excluding hydrogens is 355 g/mol. The Labute approximate surface area is 160 Å². The summed E-state index contributed by atoms with van der Waals surface area (Å²) in [5, 5.41) is 1.03.